The SMILES string of the molecule is Cc1cc(Nc2cc(C)[nH]n2)nc(N2CCC3(CC2)C(=O)N([C@@H](C)c2ccc(-n4cc(F)cn4)nc2)CC(=O)N3C)n1. The number of carbonyl (C=O) groups is 2. The number of hydrogen-bond acceptors (Lipinski definition) is 9. The van der Waals surface area contributed by atoms with Gasteiger partial charge in [-0.05, 0) is 45.2 Å². The molecule has 2 saturated heterocycles. The Kier molecular flexibility index (Phi) is 6.83. The highest BCUT2D eigenvalue weighted by atomic mass is 19.1. The Bertz CT molecular complexity index is 1620. The van der Waals surface area contributed by atoms with Crippen LogP contribution in [0.15, 0.2) is 42.9 Å². The molecule has 0 aliphatic carbocycles. The molecule has 1 spiro atoms. The molecule has 1 atom stereocenters. The zero-order chi connectivity index (χ0) is 29.6. The number of amides is 2. The molecule has 0 unspecified atom stereocenters. The molecule has 0 radical (unpaired) electrons. The van der Waals surface area contributed by atoms with Crippen molar-refractivity contribution in [3.8, 4) is 5.82 Å². The fourth-order valence-corrected chi connectivity index (χ4v) is 5.67. The summed E-state index contributed by atoms with van der Waals surface area (Å²) in [5.41, 5.74) is 1.54. The van der Waals surface area contributed by atoms with E-state index in [4.69, 9.17) is 4.98 Å². The number of halogens is 1. The summed E-state index contributed by atoms with van der Waals surface area (Å²) in [4.78, 5) is 46.4. The van der Waals surface area contributed by atoms with Gasteiger partial charge in [0.1, 0.15) is 17.9 Å². The molecular formula is C28H32FN11O2. The van der Waals surface area contributed by atoms with Crippen molar-refractivity contribution in [3.63, 3.8) is 0 Å². The van der Waals surface area contributed by atoms with Crippen LogP contribution in [0.5, 0.6) is 0 Å². The van der Waals surface area contributed by atoms with Gasteiger partial charge in [-0.2, -0.15) is 15.2 Å². The summed E-state index contributed by atoms with van der Waals surface area (Å²) in [5, 5.41) is 14.3. The van der Waals surface area contributed by atoms with E-state index in [0.717, 1.165) is 23.1 Å². The van der Waals surface area contributed by atoms with Gasteiger partial charge in [0.25, 0.3) is 0 Å². The summed E-state index contributed by atoms with van der Waals surface area (Å²) >= 11 is 0. The average Bonchev–Trinajstić information content (AvgIpc) is 3.61. The van der Waals surface area contributed by atoms with Crippen LogP contribution < -0.4 is 10.2 Å². The zero-order valence-electron chi connectivity index (χ0n) is 23.9. The predicted molar refractivity (Wildman–Crippen MR) is 152 cm³/mol. The lowest BCUT2D eigenvalue weighted by molar-refractivity contribution is -0.167. The summed E-state index contributed by atoms with van der Waals surface area (Å²) in [6.07, 6.45) is 4.87. The molecule has 42 heavy (non-hydrogen) atoms. The van der Waals surface area contributed by atoms with Gasteiger partial charge in [-0.25, -0.2) is 19.0 Å². The molecule has 0 bridgehead atoms. The highest BCUT2D eigenvalue weighted by molar-refractivity contribution is 5.98. The molecule has 0 aromatic carbocycles. The maximum atomic E-state index is 14.1. The lowest BCUT2D eigenvalue weighted by Crippen LogP contribution is -2.69. The van der Waals surface area contributed by atoms with Crippen LogP contribution in [0.3, 0.4) is 0 Å². The molecule has 2 aliphatic rings. The third-order valence-electron chi connectivity index (χ3n) is 8.17. The van der Waals surface area contributed by atoms with E-state index in [1.807, 2.05) is 43.9 Å². The van der Waals surface area contributed by atoms with Crippen molar-refractivity contribution < 1.29 is 14.0 Å². The highest BCUT2D eigenvalue weighted by Gasteiger charge is 2.53. The Labute approximate surface area is 241 Å². The summed E-state index contributed by atoms with van der Waals surface area (Å²) in [5.74, 6) is 1.65. The zero-order valence-corrected chi connectivity index (χ0v) is 23.9. The Morgan fingerprint density at radius 1 is 1.07 bits per heavy atom. The number of aromatic nitrogens is 7. The standard InChI is InChI=1S/C28H32FN11O2/c1-17-11-22(33-23-12-18(2)35-36-23)34-27(32-17)38-9-7-28(8-10-38)26(42)39(16-25(41)37(28)4)19(3)20-5-6-24(30-13-20)40-15-21(29)14-31-40/h5-6,11-15,19H,7-10,16H2,1-4H3,(H2,32,33,34,35,36)/t19-/m0/s1. The Hall–Kier alpha value is -4.88. The van der Waals surface area contributed by atoms with Gasteiger partial charge in [0.05, 0.1) is 18.4 Å². The van der Waals surface area contributed by atoms with Gasteiger partial charge in [0.2, 0.25) is 17.8 Å². The second kappa shape index (κ2) is 10.5. The van der Waals surface area contributed by atoms with E-state index < -0.39 is 11.4 Å². The first-order valence-corrected chi connectivity index (χ1v) is 13.8. The molecule has 4 aromatic rings. The van der Waals surface area contributed by atoms with E-state index in [2.05, 4.69) is 30.6 Å². The van der Waals surface area contributed by atoms with E-state index in [9.17, 15) is 14.0 Å². The number of hydrogen-bond donors (Lipinski definition) is 2. The maximum Gasteiger partial charge on any atom is 0.249 e. The molecule has 218 valence electrons. The third kappa shape index (κ3) is 4.92. The molecule has 2 N–H and O–H groups in total. The van der Waals surface area contributed by atoms with Gasteiger partial charge in [0.15, 0.2) is 17.5 Å². The molecular weight excluding hydrogens is 541 g/mol. The van der Waals surface area contributed by atoms with E-state index in [1.165, 1.54) is 10.9 Å². The van der Waals surface area contributed by atoms with Gasteiger partial charge in [-0.15, -0.1) is 0 Å². The maximum absolute atomic E-state index is 14.1. The van der Waals surface area contributed by atoms with Crippen LogP contribution in [0.4, 0.5) is 22.0 Å². The second-order valence-electron chi connectivity index (χ2n) is 10.9. The Balaban J connectivity index is 1.18. The minimum absolute atomic E-state index is 0.0171. The van der Waals surface area contributed by atoms with Gasteiger partial charge in [-0.1, -0.05) is 6.07 Å². The number of nitrogens with one attached hydrogen (secondary N) is 2. The predicted octanol–water partition coefficient (Wildman–Crippen LogP) is 2.68. The summed E-state index contributed by atoms with van der Waals surface area (Å²) < 4.78 is 14.7. The van der Waals surface area contributed by atoms with Crippen molar-refractivity contribution in [2.24, 2.45) is 0 Å². The molecule has 2 amide bonds. The summed E-state index contributed by atoms with van der Waals surface area (Å²) in [7, 11) is 1.72. The molecule has 2 aliphatic heterocycles. The monoisotopic (exact) mass is 573 g/mol. The van der Waals surface area contributed by atoms with Crippen molar-refractivity contribution in [1.29, 1.82) is 0 Å². The molecule has 0 saturated carbocycles. The Morgan fingerprint density at radius 3 is 2.50 bits per heavy atom. The van der Waals surface area contributed by atoms with Gasteiger partial charge in [-0.3, -0.25) is 14.7 Å². The molecule has 14 heteroatoms. The van der Waals surface area contributed by atoms with Crippen LogP contribution in [0.2, 0.25) is 0 Å². The van der Waals surface area contributed by atoms with Crippen LogP contribution in [0.25, 0.3) is 5.82 Å². The summed E-state index contributed by atoms with van der Waals surface area (Å²) in [6.45, 7) is 6.71. The van der Waals surface area contributed by atoms with E-state index in [0.29, 0.717) is 49.3 Å². The number of aromatic amines is 1. The molecule has 4 aromatic heterocycles. The van der Waals surface area contributed by atoms with Crippen molar-refractivity contribution in [3.05, 3.63) is 65.6 Å². The highest BCUT2D eigenvalue weighted by Crippen LogP contribution is 2.37. The number of aryl methyl sites for hydroxylation is 2. The largest absolute Gasteiger partial charge is 0.341 e. The number of likely N-dealkylation sites (N-methyl/N-ethyl adjacent to an activating group) is 1. The number of nitrogens with zero attached hydrogens (tertiary/aromatic N) is 9. The Morgan fingerprint density at radius 2 is 1.86 bits per heavy atom. The normalized spacial score (nSPS) is 17.7. The van der Waals surface area contributed by atoms with Crippen molar-refractivity contribution in [2.75, 3.05) is 36.9 Å². The van der Waals surface area contributed by atoms with Gasteiger partial charge in [0, 0.05) is 49.9 Å². The fourth-order valence-electron chi connectivity index (χ4n) is 5.67. The van der Waals surface area contributed by atoms with Crippen LogP contribution in [0, 0.1) is 19.7 Å². The van der Waals surface area contributed by atoms with Crippen molar-refractivity contribution in [1.82, 2.24) is 44.7 Å². The van der Waals surface area contributed by atoms with Crippen LogP contribution in [-0.2, 0) is 9.59 Å². The first-order chi connectivity index (χ1) is 20.1. The van der Waals surface area contributed by atoms with Crippen molar-refractivity contribution >= 4 is 29.4 Å². The number of anilines is 3. The van der Waals surface area contributed by atoms with E-state index in [1.54, 1.807) is 29.1 Å². The number of pyridine rings is 1. The number of rotatable bonds is 6. The fraction of sp³-hybridized carbons (Fsp3) is 0.393. The van der Waals surface area contributed by atoms with Crippen LogP contribution in [-0.4, -0.2) is 88.8 Å². The first kappa shape index (κ1) is 27.3. The molecule has 13 nitrogen and oxygen atoms in total. The quantitative estimate of drug-likeness (QED) is 0.356. The topological polar surface area (TPSA) is 141 Å². The molecule has 2 fully saturated rings. The lowest BCUT2D eigenvalue weighted by atomic mass is 9.82. The first-order valence-electron chi connectivity index (χ1n) is 13.8. The number of carbonyl (C=O) groups excluding carboxylic acids is 2. The number of H-pyrrole nitrogens is 1. The van der Waals surface area contributed by atoms with Gasteiger partial charge < -0.3 is 20.0 Å². The second-order valence-corrected chi connectivity index (χ2v) is 10.9. The van der Waals surface area contributed by atoms with Gasteiger partial charge >= 0.3 is 0 Å². The smallest absolute Gasteiger partial charge is 0.249 e. The lowest BCUT2D eigenvalue weighted by Gasteiger charge is -2.52. The van der Waals surface area contributed by atoms with E-state index >= 15 is 0 Å². The minimum atomic E-state index is -0.961. The number of piperazine rings is 1. The number of piperidine rings is 1. The molecule has 6 rings (SSSR count). The van der Waals surface area contributed by atoms with Crippen molar-refractivity contribution in [2.45, 2.75) is 45.2 Å². The van der Waals surface area contributed by atoms with Crippen LogP contribution >= 0.6 is 0 Å². The molecule has 6 heterocycles. The summed E-state index contributed by atoms with van der Waals surface area (Å²) in [6, 6.07) is 6.89. The third-order valence-corrected chi connectivity index (χ3v) is 8.17. The van der Waals surface area contributed by atoms with E-state index in [-0.39, 0.29) is 24.4 Å². The minimum Gasteiger partial charge on any atom is -0.341 e. The average molecular weight is 574 g/mol. The van der Waals surface area contributed by atoms with Crippen LogP contribution in [0.1, 0.15) is 42.8 Å².